The molecule has 3 atom stereocenters. The lowest BCUT2D eigenvalue weighted by Gasteiger charge is -2.43. The van der Waals surface area contributed by atoms with Gasteiger partial charge in [0.2, 0.25) is 0 Å². The Kier molecular flexibility index (Phi) is 11.2. The number of carbonyl (C=O) groups is 1. The molecule has 3 unspecified atom stereocenters. The molecule has 0 aliphatic carbocycles. The third-order valence-corrected chi connectivity index (χ3v) is 12.6. The molecule has 0 aromatic heterocycles. The van der Waals surface area contributed by atoms with Crippen LogP contribution in [0.25, 0.3) is 0 Å². The molecule has 2 aromatic rings. The summed E-state index contributed by atoms with van der Waals surface area (Å²) in [6.07, 6.45) is 1.00. The minimum atomic E-state index is -1.96. The van der Waals surface area contributed by atoms with Crippen LogP contribution >= 0.6 is 11.9 Å². The van der Waals surface area contributed by atoms with Crippen LogP contribution in [-0.4, -0.2) is 56.5 Å². The molecule has 1 saturated heterocycles. The molecule has 0 bridgehead atoms. The first-order valence-corrected chi connectivity index (χ1v) is 16.8. The van der Waals surface area contributed by atoms with Gasteiger partial charge in [-0.15, -0.1) is 6.58 Å². The molecule has 0 radical (unpaired) electrons. The van der Waals surface area contributed by atoms with Crippen molar-refractivity contribution < 1.29 is 27.9 Å². The zero-order valence-corrected chi connectivity index (χ0v) is 25.6. The Morgan fingerprint density at radius 2 is 1.87 bits per heavy atom. The van der Waals surface area contributed by atoms with Crippen molar-refractivity contribution in [2.45, 2.75) is 75.6 Å². The fraction of sp³-hybridized carbons (Fsp3) is 0.483. The Morgan fingerprint density at radius 1 is 1.21 bits per heavy atom. The van der Waals surface area contributed by atoms with E-state index in [1.54, 1.807) is 18.2 Å². The topological polar surface area (TPSA) is 69.3 Å². The standard InChI is InChI=1S/C29H41FN2O5SSi/c1-8-17-35-31-28(33)27-21(2)37-25(20-36-39(6,7)29(3,4)5)18-32(27)38-26-15-13-24(14-16-26)34-19-22-9-11-23(30)12-10-22/h8-16,21,25,27H,1,17-20H2,2-7H3,(H,31,33). The van der Waals surface area contributed by atoms with Crippen molar-refractivity contribution in [1.29, 1.82) is 0 Å². The van der Waals surface area contributed by atoms with Crippen molar-refractivity contribution in [2.75, 3.05) is 19.8 Å². The summed E-state index contributed by atoms with van der Waals surface area (Å²) in [6, 6.07) is 13.3. The van der Waals surface area contributed by atoms with Crippen molar-refractivity contribution in [3.8, 4) is 5.75 Å². The molecule has 1 amide bonds. The zero-order chi connectivity index (χ0) is 28.6. The van der Waals surface area contributed by atoms with E-state index in [1.807, 2.05) is 35.5 Å². The number of halogens is 1. The third-order valence-electron chi connectivity index (χ3n) is 6.99. The highest BCUT2D eigenvalue weighted by molar-refractivity contribution is 7.97. The number of carbonyl (C=O) groups excluding carboxylic acids is 1. The molecule has 2 aromatic carbocycles. The Bertz CT molecular complexity index is 1080. The zero-order valence-electron chi connectivity index (χ0n) is 23.7. The average molecular weight is 577 g/mol. The number of benzene rings is 2. The van der Waals surface area contributed by atoms with E-state index in [4.69, 9.17) is 18.7 Å². The van der Waals surface area contributed by atoms with Crippen LogP contribution in [0, 0.1) is 5.82 Å². The highest BCUT2D eigenvalue weighted by Crippen LogP contribution is 2.37. The first-order valence-electron chi connectivity index (χ1n) is 13.1. The van der Waals surface area contributed by atoms with Crippen molar-refractivity contribution in [3.05, 3.63) is 72.6 Å². The summed E-state index contributed by atoms with van der Waals surface area (Å²) in [5.74, 6) is 0.150. The largest absolute Gasteiger partial charge is 0.489 e. The van der Waals surface area contributed by atoms with Crippen LogP contribution in [0.5, 0.6) is 5.75 Å². The van der Waals surface area contributed by atoms with Crippen LogP contribution in [0.15, 0.2) is 66.1 Å². The second kappa shape index (κ2) is 13.9. The number of nitrogens with zero attached hydrogens (tertiary/aromatic N) is 1. The van der Waals surface area contributed by atoms with Gasteiger partial charge in [-0.2, -0.15) is 0 Å². The lowest BCUT2D eigenvalue weighted by Crippen LogP contribution is -2.59. The second-order valence-electron chi connectivity index (χ2n) is 11.1. The van der Waals surface area contributed by atoms with Gasteiger partial charge in [-0.3, -0.25) is 9.63 Å². The van der Waals surface area contributed by atoms with Gasteiger partial charge in [0.15, 0.2) is 8.32 Å². The number of nitrogens with one attached hydrogen (secondary N) is 1. The lowest BCUT2D eigenvalue weighted by atomic mass is 10.1. The Balaban J connectivity index is 1.68. The predicted molar refractivity (Wildman–Crippen MR) is 155 cm³/mol. The molecule has 0 spiro atoms. The van der Waals surface area contributed by atoms with Gasteiger partial charge in [-0.05, 0) is 79.0 Å². The summed E-state index contributed by atoms with van der Waals surface area (Å²) in [5.41, 5.74) is 3.41. The first kappa shape index (κ1) is 31.3. The van der Waals surface area contributed by atoms with Gasteiger partial charge >= 0.3 is 0 Å². The summed E-state index contributed by atoms with van der Waals surface area (Å²) in [4.78, 5) is 19.2. The molecule has 1 N–H and O–H groups in total. The maximum atomic E-state index is 13.1. The maximum Gasteiger partial charge on any atom is 0.264 e. The van der Waals surface area contributed by atoms with E-state index in [2.05, 4.69) is 45.9 Å². The number of hydrogen-bond acceptors (Lipinski definition) is 7. The van der Waals surface area contributed by atoms with Gasteiger partial charge in [-0.25, -0.2) is 14.2 Å². The normalized spacial score (nSPS) is 20.4. The van der Waals surface area contributed by atoms with Gasteiger partial charge in [-0.1, -0.05) is 39.0 Å². The molecular weight excluding hydrogens is 535 g/mol. The summed E-state index contributed by atoms with van der Waals surface area (Å²) >= 11 is 1.49. The minimum Gasteiger partial charge on any atom is -0.489 e. The van der Waals surface area contributed by atoms with Crippen LogP contribution in [0.2, 0.25) is 18.1 Å². The van der Waals surface area contributed by atoms with Crippen LogP contribution in [0.3, 0.4) is 0 Å². The molecule has 7 nitrogen and oxygen atoms in total. The van der Waals surface area contributed by atoms with Crippen molar-refractivity contribution >= 4 is 26.2 Å². The van der Waals surface area contributed by atoms with Crippen LogP contribution < -0.4 is 10.2 Å². The van der Waals surface area contributed by atoms with Crippen LogP contribution in [0.1, 0.15) is 33.3 Å². The number of amides is 1. The van der Waals surface area contributed by atoms with E-state index in [0.717, 1.165) is 10.5 Å². The molecule has 1 fully saturated rings. The molecule has 0 saturated carbocycles. The quantitative estimate of drug-likeness (QED) is 0.107. The van der Waals surface area contributed by atoms with Crippen molar-refractivity contribution in [3.63, 3.8) is 0 Å². The maximum absolute atomic E-state index is 13.1. The molecule has 3 rings (SSSR count). The number of ether oxygens (including phenoxy) is 2. The number of rotatable bonds is 12. The molecule has 1 aliphatic rings. The smallest absolute Gasteiger partial charge is 0.264 e. The van der Waals surface area contributed by atoms with Gasteiger partial charge in [0, 0.05) is 11.4 Å². The summed E-state index contributed by atoms with van der Waals surface area (Å²) < 4.78 is 33.7. The molecule has 39 heavy (non-hydrogen) atoms. The molecule has 214 valence electrons. The molecule has 1 heterocycles. The molecular formula is C29H41FN2O5SSi. The van der Waals surface area contributed by atoms with E-state index < -0.39 is 14.4 Å². The fourth-order valence-corrected chi connectivity index (χ4v) is 5.91. The van der Waals surface area contributed by atoms with E-state index >= 15 is 0 Å². The van der Waals surface area contributed by atoms with Gasteiger partial charge in [0.05, 0.1) is 25.4 Å². The first-order chi connectivity index (χ1) is 18.4. The number of hydrogen-bond donors (Lipinski definition) is 1. The minimum absolute atomic E-state index is 0.0904. The number of hydroxylamine groups is 1. The average Bonchev–Trinajstić information content (AvgIpc) is 2.87. The Morgan fingerprint density at radius 3 is 2.49 bits per heavy atom. The van der Waals surface area contributed by atoms with E-state index in [9.17, 15) is 9.18 Å². The second-order valence-corrected chi connectivity index (χ2v) is 17.1. The van der Waals surface area contributed by atoms with Crippen LogP contribution in [-0.2, 0) is 25.4 Å². The van der Waals surface area contributed by atoms with E-state index in [-0.39, 0.29) is 35.6 Å². The SMILES string of the molecule is C=CCONC(=O)C1C(C)OC(CO[Si](C)(C)C(C)(C)C)CN1Sc1ccc(OCc2ccc(F)cc2)cc1. The van der Waals surface area contributed by atoms with Crippen molar-refractivity contribution in [2.24, 2.45) is 0 Å². The summed E-state index contributed by atoms with van der Waals surface area (Å²) in [5, 5.41) is 0.0904. The highest BCUT2D eigenvalue weighted by Gasteiger charge is 2.42. The Labute approximate surface area is 237 Å². The van der Waals surface area contributed by atoms with Gasteiger partial charge in [0.25, 0.3) is 5.91 Å². The number of morpholine rings is 1. The van der Waals surface area contributed by atoms with Crippen molar-refractivity contribution in [1.82, 2.24) is 9.79 Å². The lowest BCUT2D eigenvalue weighted by molar-refractivity contribution is -0.152. The van der Waals surface area contributed by atoms with Gasteiger partial charge < -0.3 is 13.9 Å². The van der Waals surface area contributed by atoms with E-state index in [1.165, 1.54) is 24.1 Å². The third kappa shape index (κ3) is 9.16. The van der Waals surface area contributed by atoms with E-state index in [0.29, 0.717) is 25.5 Å². The summed E-state index contributed by atoms with van der Waals surface area (Å²) in [6.45, 7) is 18.1. The van der Waals surface area contributed by atoms with Gasteiger partial charge in [0.1, 0.15) is 24.2 Å². The highest BCUT2D eigenvalue weighted by atomic mass is 32.2. The predicted octanol–water partition coefficient (Wildman–Crippen LogP) is 6.13. The molecule has 10 heteroatoms. The summed E-state index contributed by atoms with van der Waals surface area (Å²) in [7, 11) is -1.96. The fourth-order valence-electron chi connectivity index (χ4n) is 3.73. The molecule has 1 aliphatic heterocycles. The van der Waals surface area contributed by atoms with Crippen LogP contribution in [0.4, 0.5) is 4.39 Å². The monoisotopic (exact) mass is 576 g/mol. The Hall–Kier alpha value is -2.21.